The monoisotopic (exact) mass is 314 g/mol. The lowest BCUT2D eigenvalue weighted by atomic mass is 9.73. The molecule has 0 radical (unpaired) electrons. The Hall–Kier alpha value is -1.72. The van der Waals surface area contributed by atoms with E-state index >= 15 is 0 Å². The Morgan fingerprint density at radius 2 is 2.13 bits per heavy atom. The second-order valence-corrected chi connectivity index (χ2v) is 6.93. The van der Waals surface area contributed by atoms with Gasteiger partial charge in [0.1, 0.15) is 0 Å². The van der Waals surface area contributed by atoms with E-state index in [1.807, 2.05) is 23.9 Å². The average molecular weight is 314 g/mol. The van der Waals surface area contributed by atoms with Crippen molar-refractivity contribution in [2.24, 2.45) is 12.5 Å². The van der Waals surface area contributed by atoms with Gasteiger partial charge in [0.25, 0.3) is 0 Å². The highest BCUT2D eigenvalue weighted by molar-refractivity contribution is 5.61. The number of nitrogens with zero attached hydrogens (tertiary/aromatic N) is 3. The van der Waals surface area contributed by atoms with Crippen molar-refractivity contribution in [3.05, 3.63) is 36.3 Å². The van der Waals surface area contributed by atoms with Crippen LogP contribution in [0, 0.1) is 5.41 Å². The van der Waals surface area contributed by atoms with Crippen LogP contribution in [0.15, 0.2) is 30.7 Å². The molecule has 1 aliphatic carbocycles. The van der Waals surface area contributed by atoms with E-state index in [9.17, 15) is 5.11 Å². The van der Waals surface area contributed by atoms with Gasteiger partial charge in [0.15, 0.2) is 0 Å². The zero-order valence-corrected chi connectivity index (χ0v) is 14.0. The van der Waals surface area contributed by atoms with E-state index in [2.05, 4.69) is 28.5 Å². The van der Waals surface area contributed by atoms with E-state index in [0.717, 1.165) is 43.6 Å². The summed E-state index contributed by atoms with van der Waals surface area (Å²) in [6.07, 6.45) is 9.82. The number of pyridine rings is 1. The van der Waals surface area contributed by atoms with Crippen LogP contribution in [-0.4, -0.2) is 32.5 Å². The first-order valence-electron chi connectivity index (χ1n) is 8.40. The molecule has 0 spiro atoms. The van der Waals surface area contributed by atoms with E-state index < -0.39 is 0 Å². The Balaban J connectivity index is 1.67. The van der Waals surface area contributed by atoms with Gasteiger partial charge in [0.2, 0.25) is 0 Å². The normalized spacial score (nSPS) is 24.7. The standard InChI is InChI=1S/C18H26N4O/c1-18(8-4-3-5-16(18)23)13-20-11-15-12-22(2)21-17(15)14-6-9-19-10-7-14/h6-7,9-10,12,16,20,23H,3-5,8,11,13H2,1-2H3. The fraction of sp³-hybridized carbons (Fsp3) is 0.556. The maximum Gasteiger partial charge on any atom is 0.0969 e. The van der Waals surface area contributed by atoms with Gasteiger partial charge in [-0.15, -0.1) is 0 Å². The van der Waals surface area contributed by atoms with E-state index in [1.54, 1.807) is 12.4 Å². The molecule has 0 aliphatic heterocycles. The molecular weight excluding hydrogens is 288 g/mol. The highest BCUT2D eigenvalue weighted by Gasteiger charge is 2.34. The number of rotatable bonds is 5. The molecule has 1 saturated carbocycles. The van der Waals surface area contributed by atoms with Crippen molar-refractivity contribution in [1.82, 2.24) is 20.1 Å². The van der Waals surface area contributed by atoms with Gasteiger partial charge in [-0.3, -0.25) is 9.67 Å². The largest absolute Gasteiger partial charge is 0.393 e. The Bertz CT molecular complexity index is 640. The van der Waals surface area contributed by atoms with Crippen LogP contribution in [0.2, 0.25) is 0 Å². The highest BCUT2D eigenvalue weighted by Crippen LogP contribution is 2.35. The molecule has 23 heavy (non-hydrogen) atoms. The van der Waals surface area contributed by atoms with E-state index in [1.165, 1.54) is 12.0 Å². The molecule has 0 bridgehead atoms. The fourth-order valence-electron chi connectivity index (χ4n) is 3.49. The number of aryl methyl sites for hydroxylation is 1. The first-order valence-corrected chi connectivity index (χ1v) is 8.40. The van der Waals surface area contributed by atoms with Crippen LogP contribution in [0.4, 0.5) is 0 Å². The topological polar surface area (TPSA) is 63.0 Å². The first kappa shape index (κ1) is 16.1. The molecule has 1 fully saturated rings. The Morgan fingerprint density at radius 1 is 1.35 bits per heavy atom. The summed E-state index contributed by atoms with van der Waals surface area (Å²) < 4.78 is 1.85. The summed E-state index contributed by atoms with van der Waals surface area (Å²) in [5, 5.41) is 18.4. The molecule has 0 amide bonds. The summed E-state index contributed by atoms with van der Waals surface area (Å²) >= 11 is 0. The number of hydrogen-bond acceptors (Lipinski definition) is 4. The lowest BCUT2D eigenvalue weighted by Crippen LogP contribution is -2.43. The van der Waals surface area contributed by atoms with Gasteiger partial charge in [-0.2, -0.15) is 5.10 Å². The number of aromatic nitrogens is 3. The van der Waals surface area contributed by atoms with E-state index in [4.69, 9.17) is 0 Å². The molecule has 1 aliphatic rings. The predicted octanol–water partition coefficient (Wildman–Crippen LogP) is 2.51. The first-order chi connectivity index (χ1) is 11.1. The van der Waals surface area contributed by atoms with E-state index in [0.29, 0.717) is 0 Å². The third kappa shape index (κ3) is 3.62. The molecule has 2 aromatic heterocycles. The van der Waals surface area contributed by atoms with Crippen LogP contribution in [0.1, 0.15) is 38.2 Å². The van der Waals surface area contributed by atoms with Gasteiger partial charge in [-0.25, -0.2) is 0 Å². The van der Waals surface area contributed by atoms with Crippen molar-refractivity contribution < 1.29 is 5.11 Å². The summed E-state index contributed by atoms with van der Waals surface area (Å²) in [5.74, 6) is 0. The summed E-state index contributed by atoms with van der Waals surface area (Å²) in [5.41, 5.74) is 3.24. The summed E-state index contributed by atoms with van der Waals surface area (Å²) in [7, 11) is 1.94. The molecule has 2 atom stereocenters. The minimum Gasteiger partial charge on any atom is -0.393 e. The Kier molecular flexibility index (Phi) is 4.78. The summed E-state index contributed by atoms with van der Waals surface area (Å²) in [4.78, 5) is 4.07. The fourth-order valence-corrected chi connectivity index (χ4v) is 3.49. The summed E-state index contributed by atoms with van der Waals surface area (Å²) in [6.45, 7) is 3.78. The molecule has 3 rings (SSSR count). The van der Waals surface area contributed by atoms with Crippen molar-refractivity contribution in [1.29, 1.82) is 0 Å². The zero-order chi connectivity index (χ0) is 16.3. The number of hydrogen-bond donors (Lipinski definition) is 2. The molecule has 2 aromatic rings. The molecule has 2 unspecified atom stereocenters. The lowest BCUT2D eigenvalue weighted by Gasteiger charge is -2.38. The number of aliphatic hydroxyl groups excluding tert-OH is 1. The molecular formula is C18H26N4O. The second-order valence-electron chi connectivity index (χ2n) is 6.93. The van der Waals surface area contributed by atoms with Crippen molar-refractivity contribution in [3.63, 3.8) is 0 Å². The van der Waals surface area contributed by atoms with Gasteiger partial charge >= 0.3 is 0 Å². The van der Waals surface area contributed by atoms with Gasteiger partial charge in [-0.05, 0) is 25.0 Å². The number of aliphatic hydroxyl groups is 1. The van der Waals surface area contributed by atoms with Gasteiger partial charge in [0.05, 0.1) is 11.8 Å². The minimum absolute atomic E-state index is 0.0166. The molecule has 2 heterocycles. The quantitative estimate of drug-likeness (QED) is 0.890. The van der Waals surface area contributed by atoms with Crippen molar-refractivity contribution in [2.45, 2.75) is 45.3 Å². The lowest BCUT2D eigenvalue weighted by molar-refractivity contribution is 0.00116. The molecule has 0 saturated heterocycles. The predicted molar refractivity (Wildman–Crippen MR) is 90.7 cm³/mol. The molecule has 5 nitrogen and oxygen atoms in total. The molecule has 124 valence electrons. The SMILES string of the molecule is Cn1cc(CNCC2(C)CCCCC2O)c(-c2ccncc2)n1. The Morgan fingerprint density at radius 3 is 2.87 bits per heavy atom. The van der Waals surface area contributed by atoms with Crippen LogP contribution < -0.4 is 5.32 Å². The van der Waals surface area contributed by atoms with Gasteiger partial charge in [0, 0.05) is 55.3 Å². The van der Waals surface area contributed by atoms with Crippen molar-refractivity contribution in [2.75, 3.05) is 6.54 Å². The highest BCUT2D eigenvalue weighted by atomic mass is 16.3. The molecule has 0 aromatic carbocycles. The smallest absolute Gasteiger partial charge is 0.0969 e. The third-order valence-electron chi connectivity index (χ3n) is 4.98. The maximum atomic E-state index is 10.3. The average Bonchev–Trinajstić information content (AvgIpc) is 2.92. The van der Waals surface area contributed by atoms with Gasteiger partial charge < -0.3 is 10.4 Å². The minimum atomic E-state index is -0.197. The van der Waals surface area contributed by atoms with E-state index in [-0.39, 0.29) is 11.5 Å². The summed E-state index contributed by atoms with van der Waals surface area (Å²) in [6, 6.07) is 3.97. The van der Waals surface area contributed by atoms with Crippen LogP contribution >= 0.6 is 0 Å². The molecule has 2 N–H and O–H groups in total. The zero-order valence-electron chi connectivity index (χ0n) is 14.0. The second kappa shape index (κ2) is 6.81. The van der Waals surface area contributed by atoms with Crippen LogP contribution in [-0.2, 0) is 13.6 Å². The van der Waals surface area contributed by atoms with Gasteiger partial charge in [-0.1, -0.05) is 19.8 Å². The van der Waals surface area contributed by atoms with Crippen LogP contribution in [0.3, 0.4) is 0 Å². The van der Waals surface area contributed by atoms with Crippen molar-refractivity contribution >= 4 is 0 Å². The third-order valence-corrected chi connectivity index (χ3v) is 4.98. The number of nitrogens with one attached hydrogen (secondary N) is 1. The van der Waals surface area contributed by atoms with Crippen LogP contribution in [0.5, 0.6) is 0 Å². The Labute approximate surface area is 137 Å². The van der Waals surface area contributed by atoms with Crippen molar-refractivity contribution in [3.8, 4) is 11.3 Å². The molecule has 5 heteroatoms. The van der Waals surface area contributed by atoms with Crippen LogP contribution in [0.25, 0.3) is 11.3 Å². The maximum absolute atomic E-state index is 10.3.